The van der Waals surface area contributed by atoms with E-state index in [2.05, 4.69) is 22.5 Å². The van der Waals surface area contributed by atoms with Crippen molar-refractivity contribution in [2.75, 3.05) is 41.7 Å². The highest BCUT2D eigenvalue weighted by atomic mass is 19.1. The van der Waals surface area contributed by atoms with Crippen molar-refractivity contribution >= 4 is 41.2 Å². The maximum atomic E-state index is 13.5. The van der Waals surface area contributed by atoms with Gasteiger partial charge in [0.25, 0.3) is 5.91 Å². The molecule has 230 valence electrons. The van der Waals surface area contributed by atoms with Crippen LogP contribution in [-0.2, 0) is 0 Å². The smallest absolute Gasteiger partial charge is 0.337 e. The number of nitrogens with one attached hydrogen (secondary N) is 2. The molecule has 11 heteroatoms. The van der Waals surface area contributed by atoms with Crippen LogP contribution in [-0.4, -0.2) is 59.1 Å². The maximum Gasteiger partial charge on any atom is 0.337 e. The number of allylic oxidation sites excluding steroid dienone is 1. The number of halogens is 1. The van der Waals surface area contributed by atoms with E-state index < -0.39 is 5.97 Å². The first-order chi connectivity index (χ1) is 21.7. The predicted octanol–water partition coefficient (Wildman–Crippen LogP) is 6.34. The number of carboxylic acid groups (broad SMARTS) is 1. The van der Waals surface area contributed by atoms with Crippen molar-refractivity contribution in [2.24, 2.45) is 0 Å². The Bertz CT molecular complexity index is 1780. The number of urea groups is 1. The van der Waals surface area contributed by atoms with Gasteiger partial charge in [0.1, 0.15) is 17.4 Å². The molecule has 1 saturated heterocycles. The number of nitrogens with zero attached hydrogens (tertiary/aromatic N) is 3. The van der Waals surface area contributed by atoms with E-state index in [1.807, 2.05) is 30.0 Å². The minimum Gasteiger partial charge on any atom is -0.478 e. The Kier molecular flexibility index (Phi) is 8.08. The highest BCUT2D eigenvalue weighted by Crippen LogP contribution is 2.43. The van der Waals surface area contributed by atoms with E-state index in [-0.39, 0.29) is 46.6 Å². The van der Waals surface area contributed by atoms with Crippen LogP contribution in [0.2, 0.25) is 0 Å². The lowest BCUT2D eigenvalue weighted by atomic mass is 9.78. The van der Waals surface area contributed by atoms with Crippen LogP contribution in [0.15, 0.2) is 77.4 Å². The molecule has 3 N–H and O–H groups in total. The Labute approximate surface area is 259 Å². The molecule has 2 aromatic heterocycles. The van der Waals surface area contributed by atoms with Gasteiger partial charge >= 0.3 is 12.0 Å². The molecule has 1 aliphatic heterocycles. The number of benzene rings is 2. The number of fused-ring (bicyclic) bond motifs is 1. The van der Waals surface area contributed by atoms with Crippen molar-refractivity contribution in [3.63, 3.8) is 0 Å². The normalized spacial score (nSPS) is 17.5. The number of amides is 3. The molecule has 45 heavy (non-hydrogen) atoms. The van der Waals surface area contributed by atoms with Gasteiger partial charge in [-0.15, -0.1) is 0 Å². The molecule has 10 nitrogen and oxygen atoms in total. The van der Waals surface area contributed by atoms with E-state index in [1.54, 1.807) is 47.5 Å². The number of anilines is 3. The number of para-hydroxylation sites is 1. The van der Waals surface area contributed by atoms with Crippen LogP contribution in [0.5, 0.6) is 0 Å². The van der Waals surface area contributed by atoms with Gasteiger partial charge in [0.15, 0.2) is 5.76 Å². The van der Waals surface area contributed by atoms with Gasteiger partial charge < -0.3 is 30.0 Å². The molecule has 6 rings (SSSR count). The van der Waals surface area contributed by atoms with Crippen molar-refractivity contribution in [1.29, 1.82) is 0 Å². The summed E-state index contributed by atoms with van der Waals surface area (Å²) in [6.45, 7) is 5.88. The monoisotopic (exact) mass is 609 g/mol. The third kappa shape index (κ3) is 6.01. The number of pyridine rings is 1. The number of aromatic carboxylic acids is 1. The maximum absolute atomic E-state index is 13.5. The number of rotatable bonds is 6. The van der Waals surface area contributed by atoms with Crippen molar-refractivity contribution in [2.45, 2.75) is 25.7 Å². The van der Waals surface area contributed by atoms with E-state index in [9.17, 15) is 23.9 Å². The zero-order chi connectivity index (χ0) is 31.7. The third-order valence-electron chi connectivity index (χ3n) is 8.43. The second kappa shape index (κ2) is 12.3. The van der Waals surface area contributed by atoms with Crippen LogP contribution in [0, 0.1) is 12.7 Å². The molecule has 1 fully saturated rings. The number of furan rings is 1. The van der Waals surface area contributed by atoms with Gasteiger partial charge in [-0.25, -0.2) is 19.0 Å². The molecule has 3 heterocycles. The van der Waals surface area contributed by atoms with Gasteiger partial charge in [-0.3, -0.25) is 4.79 Å². The van der Waals surface area contributed by atoms with Crippen LogP contribution in [0.3, 0.4) is 0 Å². The average molecular weight is 610 g/mol. The van der Waals surface area contributed by atoms with Crippen LogP contribution in [0.4, 0.5) is 26.4 Å². The molecule has 1 aliphatic carbocycles. The first-order valence-corrected chi connectivity index (χ1v) is 14.7. The summed E-state index contributed by atoms with van der Waals surface area (Å²) in [5.74, 6) is -0.0993. The number of carbonyl (C=O) groups excluding carboxylic acids is 2. The molecule has 2 unspecified atom stereocenters. The van der Waals surface area contributed by atoms with Crippen molar-refractivity contribution < 1.29 is 28.3 Å². The van der Waals surface area contributed by atoms with Crippen LogP contribution in [0.1, 0.15) is 62.1 Å². The van der Waals surface area contributed by atoms with Crippen molar-refractivity contribution in [1.82, 2.24) is 9.88 Å². The standard InChI is InChI=1S/C34H32FN5O5/c1-20-25(22-7-9-23(35)10-8-22)12-13-28-30(20)21(2)31(45-28)32(41)37-24-11-14-29(36-19-24)39-15-17-40(18-16-39)34(44)38-27-6-4-3-5-26(27)33(42)43/h3-14,19-20,25H,15-18H2,1-2H3,(H,37,41)(H,38,44)(H,42,43). The van der Waals surface area contributed by atoms with E-state index in [4.69, 9.17) is 4.42 Å². The quantitative estimate of drug-likeness (QED) is 0.233. The summed E-state index contributed by atoms with van der Waals surface area (Å²) >= 11 is 0. The molecule has 0 radical (unpaired) electrons. The zero-order valence-corrected chi connectivity index (χ0v) is 24.8. The summed E-state index contributed by atoms with van der Waals surface area (Å²) in [5, 5.41) is 14.9. The highest BCUT2D eigenvalue weighted by Gasteiger charge is 2.32. The summed E-state index contributed by atoms with van der Waals surface area (Å²) in [6, 6.07) is 16.0. The first kappa shape index (κ1) is 29.6. The highest BCUT2D eigenvalue weighted by molar-refractivity contribution is 6.04. The molecular weight excluding hydrogens is 577 g/mol. The minimum atomic E-state index is -1.11. The molecule has 0 saturated carbocycles. The minimum absolute atomic E-state index is 0.0320. The molecule has 2 aromatic carbocycles. The predicted molar refractivity (Wildman–Crippen MR) is 168 cm³/mol. The van der Waals surface area contributed by atoms with E-state index >= 15 is 0 Å². The van der Waals surface area contributed by atoms with E-state index in [1.165, 1.54) is 18.2 Å². The third-order valence-corrected chi connectivity index (χ3v) is 8.43. The summed E-state index contributed by atoms with van der Waals surface area (Å²) in [6.07, 6.45) is 5.49. The van der Waals surface area contributed by atoms with Crippen LogP contribution < -0.4 is 15.5 Å². The van der Waals surface area contributed by atoms with Crippen LogP contribution >= 0.6 is 0 Å². The Morgan fingerprint density at radius 2 is 1.71 bits per heavy atom. The Balaban J connectivity index is 1.06. The molecule has 3 amide bonds. The fraction of sp³-hybridized carbons (Fsp3) is 0.235. The zero-order valence-electron chi connectivity index (χ0n) is 24.8. The number of aromatic nitrogens is 1. The second-order valence-corrected chi connectivity index (χ2v) is 11.2. The molecule has 0 spiro atoms. The topological polar surface area (TPSA) is 128 Å². The van der Waals surface area contributed by atoms with Crippen molar-refractivity contribution in [3.8, 4) is 0 Å². The number of hydrogen-bond donors (Lipinski definition) is 3. The lowest BCUT2D eigenvalue weighted by molar-refractivity contribution is 0.0697. The summed E-state index contributed by atoms with van der Waals surface area (Å²) < 4.78 is 19.5. The Hall–Kier alpha value is -5.45. The van der Waals surface area contributed by atoms with Crippen molar-refractivity contribution in [3.05, 3.63) is 113 Å². The van der Waals surface area contributed by atoms with E-state index in [0.717, 1.165) is 16.7 Å². The summed E-state index contributed by atoms with van der Waals surface area (Å²) in [4.78, 5) is 45.7. The number of piperazine rings is 1. The average Bonchev–Trinajstić information content (AvgIpc) is 3.39. The second-order valence-electron chi connectivity index (χ2n) is 11.2. The Morgan fingerprint density at radius 3 is 2.40 bits per heavy atom. The molecule has 0 bridgehead atoms. The largest absolute Gasteiger partial charge is 0.478 e. The lowest BCUT2D eigenvalue weighted by Crippen LogP contribution is -2.50. The molecule has 2 atom stereocenters. The first-order valence-electron chi connectivity index (χ1n) is 14.7. The van der Waals surface area contributed by atoms with Crippen LogP contribution in [0.25, 0.3) is 6.08 Å². The SMILES string of the molecule is Cc1c(C(=O)Nc2ccc(N3CCN(C(=O)Nc4ccccc4C(=O)O)CC3)nc2)oc2c1C(C)C(c1ccc(F)cc1)C=C2. The van der Waals surface area contributed by atoms with Gasteiger partial charge in [0.05, 0.1) is 23.1 Å². The van der Waals surface area contributed by atoms with Gasteiger partial charge in [0.2, 0.25) is 0 Å². The molecule has 2 aliphatic rings. The number of hydrogen-bond acceptors (Lipinski definition) is 6. The summed E-state index contributed by atoms with van der Waals surface area (Å²) in [5.41, 5.74) is 3.52. The van der Waals surface area contributed by atoms with Gasteiger partial charge in [-0.05, 0) is 60.9 Å². The number of carbonyl (C=O) groups is 3. The van der Waals surface area contributed by atoms with E-state index in [0.29, 0.717) is 43.4 Å². The number of carboxylic acids is 1. The van der Waals surface area contributed by atoms with Gasteiger partial charge in [-0.1, -0.05) is 37.3 Å². The van der Waals surface area contributed by atoms with Gasteiger partial charge in [-0.2, -0.15) is 0 Å². The fourth-order valence-corrected chi connectivity index (χ4v) is 6.02. The fourth-order valence-electron chi connectivity index (χ4n) is 6.02. The summed E-state index contributed by atoms with van der Waals surface area (Å²) in [7, 11) is 0. The van der Waals surface area contributed by atoms with Gasteiger partial charge in [0, 0.05) is 43.2 Å². The Morgan fingerprint density at radius 1 is 0.978 bits per heavy atom. The lowest BCUT2D eigenvalue weighted by Gasteiger charge is -2.35. The molecule has 4 aromatic rings. The molecular formula is C34H32FN5O5.